The molecule has 22 heavy (non-hydrogen) atoms. The van der Waals surface area contributed by atoms with Crippen molar-refractivity contribution in [2.45, 2.75) is 32.2 Å². The number of ether oxygens (including phenoxy) is 1. The van der Waals surface area contributed by atoms with Crippen molar-refractivity contribution >= 4 is 27.8 Å². The molecule has 120 valence electrons. The Morgan fingerprint density at radius 1 is 1.36 bits per heavy atom. The molecular weight excluding hydrogens is 350 g/mol. The third-order valence-electron chi connectivity index (χ3n) is 4.08. The summed E-state index contributed by atoms with van der Waals surface area (Å²) in [5, 5.41) is 12.0. The molecule has 6 heteroatoms. The van der Waals surface area contributed by atoms with E-state index in [9.17, 15) is 9.59 Å². The van der Waals surface area contributed by atoms with Crippen LogP contribution in [0.15, 0.2) is 22.7 Å². The van der Waals surface area contributed by atoms with Crippen LogP contribution in [0, 0.1) is 11.8 Å². The first-order valence-corrected chi connectivity index (χ1v) is 8.13. The lowest BCUT2D eigenvalue weighted by molar-refractivity contribution is -0.144. The molecule has 0 radical (unpaired) electrons. The number of hydrogen-bond donors (Lipinski definition) is 2. The number of aliphatic carboxylic acids is 1. The van der Waals surface area contributed by atoms with Crippen molar-refractivity contribution in [3.05, 3.63) is 28.2 Å². The topological polar surface area (TPSA) is 75.6 Å². The van der Waals surface area contributed by atoms with Crippen molar-refractivity contribution < 1.29 is 19.4 Å². The van der Waals surface area contributed by atoms with E-state index >= 15 is 0 Å². The van der Waals surface area contributed by atoms with Crippen LogP contribution in [0.5, 0.6) is 5.75 Å². The Kier molecular flexibility index (Phi) is 5.83. The van der Waals surface area contributed by atoms with Gasteiger partial charge in [-0.05, 0) is 52.9 Å². The van der Waals surface area contributed by atoms with Crippen LogP contribution in [0.25, 0.3) is 0 Å². The maximum absolute atomic E-state index is 12.2. The van der Waals surface area contributed by atoms with Crippen LogP contribution in [0.4, 0.5) is 0 Å². The minimum atomic E-state index is -0.795. The molecule has 0 spiro atoms. The van der Waals surface area contributed by atoms with E-state index in [1.54, 1.807) is 7.11 Å². The first-order chi connectivity index (χ1) is 10.5. The van der Waals surface area contributed by atoms with Crippen molar-refractivity contribution in [2.24, 2.45) is 11.8 Å². The van der Waals surface area contributed by atoms with Gasteiger partial charge in [-0.3, -0.25) is 9.59 Å². The lowest BCUT2D eigenvalue weighted by atomic mass is 9.81. The zero-order valence-electron chi connectivity index (χ0n) is 12.5. The van der Waals surface area contributed by atoms with Gasteiger partial charge in [0.1, 0.15) is 5.75 Å². The number of methoxy groups -OCH3 is 1. The second-order valence-corrected chi connectivity index (χ2v) is 6.44. The predicted molar refractivity (Wildman–Crippen MR) is 85.6 cm³/mol. The third kappa shape index (κ3) is 4.22. The zero-order chi connectivity index (χ0) is 16.1. The van der Waals surface area contributed by atoms with Crippen molar-refractivity contribution in [1.82, 2.24) is 5.32 Å². The summed E-state index contributed by atoms with van der Waals surface area (Å²) in [6.45, 7) is 0.426. The summed E-state index contributed by atoms with van der Waals surface area (Å²) in [5.41, 5.74) is 0.964. The fraction of sp³-hybridized carbons (Fsp3) is 0.500. The molecule has 1 saturated carbocycles. The van der Waals surface area contributed by atoms with Gasteiger partial charge in [0.15, 0.2) is 0 Å². The lowest BCUT2D eigenvalue weighted by Crippen LogP contribution is -2.35. The molecule has 2 unspecified atom stereocenters. The van der Waals surface area contributed by atoms with Gasteiger partial charge in [-0.25, -0.2) is 0 Å². The fourth-order valence-electron chi connectivity index (χ4n) is 2.81. The Morgan fingerprint density at radius 2 is 2.09 bits per heavy atom. The minimum Gasteiger partial charge on any atom is -0.496 e. The number of carbonyl (C=O) groups excluding carboxylic acids is 1. The fourth-order valence-corrected chi connectivity index (χ4v) is 3.39. The predicted octanol–water partition coefficient (Wildman–Crippen LogP) is 2.96. The van der Waals surface area contributed by atoms with Crippen molar-refractivity contribution in [3.63, 3.8) is 0 Å². The van der Waals surface area contributed by atoms with Crippen LogP contribution < -0.4 is 10.1 Å². The number of rotatable bonds is 5. The zero-order valence-corrected chi connectivity index (χ0v) is 14.1. The summed E-state index contributed by atoms with van der Waals surface area (Å²) in [4.78, 5) is 23.3. The van der Waals surface area contributed by atoms with Gasteiger partial charge in [0.05, 0.1) is 17.5 Å². The molecule has 0 aromatic heterocycles. The Bertz CT molecular complexity index is 561. The maximum atomic E-state index is 12.2. The maximum Gasteiger partial charge on any atom is 0.306 e. The molecule has 5 nitrogen and oxygen atoms in total. The number of carboxylic acid groups (broad SMARTS) is 1. The summed E-state index contributed by atoms with van der Waals surface area (Å²) in [6.07, 6.45) is 2.67. The van der Waals surface area contributed by atoms with Gasteiger partial charge in [0.25, 0.3) is 0 Å². The molecule has 1 fully saturated rings. The monoisotopic (exact) mass is 369 g/mol. The minimum absolute atomic E-state index is 0.0575. The van der Waals surface area contributed by atoms with E-state index in [1.165, 1.54) is 0 Å². The lowest BCUT2D eigenvalue weighted by Gasteiger charge is -2.25. The molecule has 1 aliphatic carbocycles. The molecule has 0 aliphatic heterocycles. The van der Waals surface area contributed by atoms with Crippen molar-refractivity contribution in [3.8, 4) is 5.75 Å². The Balaban J connectivity index is 1.89. The van der Waals surface area contributed by atoms with Crippen LogP contribution in [-0.4, -0.2) is 24.1 Å². The summed E-state index contributed by atoms with van der Waals surface area (Å²) in [7, 11) is 1.60. The highest BCUT2D eigenvalue weighted by molar-refractivity contribution is 9.10. The average Bonchev–Trinajstić information content (AvgIpc) is 2.52. The number of amides is 1. The van der Waals surface area contributed by atoms with Crippen LogP contribution in [0.2, 0.25) is 0 Å². The molecule has 0 saturated heterocycles. The molecule has 1 amide bonds. The first kappa shape index (κ1) is 16.8. The SMILES string of the molecule is COc1ccc(CNC(=O)C2CCCC(C(=O)O)C2)cc1Br. The van der Waals surface area contributed by atoms with Gasteiger partial charge in [-0.2, -0.15) is 0 Å². The highest BCUT2D eigenvalue weighted by Crippen LogP contribution is 2.29. The number of hydrogen-bond acceptors (Lipinski definition) is 3. The van der Waals surface area contributed by atoms with Gasteiger partial charge < -0.3 is 15.2 Å². The van der Waals surface area contributed by atoms with Gasteiger partial charge in [0, 0.05) is 12.5 Å². The highest BCUT2D eigenvalue weighted by atomic mass is 79.9. The largest absolute Gasteiger partial charge is 0.496 e. The first-order valence-electron chi connectivity index (χ1n) is 7.34. The molecule has 1 aliphatic rings. The summed E-state index contributed by atoms with van der Waals surface area (Å²) in [5.74, 6) is -0.697. The van der Waals surface area contributed by atoms with Crippen molar-refractivity contribution in [1.29, 1.82) is 0 Å². The molecule has 0 bridgehead atoms. The Morgan fingerprint density at radius 3 is 2.73 bits per heavy atom. The standard InChI is InChI=1S/C16H20BrNO4/c1-22-14-6-5-10(7-13(14)17)9-18-15(19)11-3-2-4-12(8-11)16(20)21/h5-7,11-12H,2-4,8-9H2,1H3,(H,18,19)(H,20,21). The summed E-state index contributed by atoms with van der Waals surface area (Å²) < 4.78 is 6.00. The van der Waals surface area contributed by atoms with Crippen LogP contribution in [0.1, 0.15) is 31.2 Å². The number of carboxylic acids is 1. The average molecular weight is 370 g/mol. The van der Waals surface area contributed by atoms with Crippen LogP contribution in [-0.2, 0) is 16.1 Å². The van der Waals surface area contributed by atoms with Crippen molar-refractivity contribution in [2.75, 3.05) is 7.11 Å². The van der Waals surface area contributed by atoms with E-state index in [0.29, 0.717) is 19.4 Å². The van der Waals surface area contributed by atoms with Gasteiger partial charge in [-0.1, -0.05) is 12.5 Å². The number of halogens is 1. The van der Waals surface area contributed by atoms with Crippen LogP contribution in [0.3, 0.4) is 0 Å². The number of nitrogens with one attached hydrogen (secondary N) is 1. The van der Waals surface area contributed by atoms with Crippen LogP contribution >= 0.6 is 15.9 Å². The molecule has 0 heterocycles. The highest BCUT2D eigenvalue weighted by Gasteiger charge is 2.30. The van der Waals surface area contributed by atoms with Gasteiger partial charge >= 0.3 is 5.97 Å². The van der Waals surface area contributed by atoms with E-state index in [2.05, 4.69) is 21.2 Å². The third-order valence-corrected chi connectivity index (χ3v) is 4.70. The van der Waals surface area contributed by atoms with E-state index in [1.807, 2.05) is 18.2 Å². The summed E-state index contributed by atoms with van der Waals surface area (Å²) in [6, 6.07) is 5.64. The number of carbonyl (C=O) groups is 2. The van der Waals surface area contributed by atoms with Gasteiger partial charge in [-0.15, -0.1) is 0 Å². The smallest absolute Gasteiger partial charge is 0.306 e. The second-order valence-electron chi connectivity index (χ2n) is 5.59. The second kappa shape index (κ2) is 7.63. The molecule has 2 atom stereocenters. The Hall–Kier alpha value is -1.56. The quantitative estimate of drug-likeness (QED) is 0.836. The van der Waals surface area contributed by atoms with E-state index in [-0.39, 0.29) is 17.7 Å². The normalized spacial score (nSPS) is 21.2. The Labute approximate surface area is 138 Å². The van der Waals surface area contributed by atoms with E-state index in [4.69, 9.17) is 9.84 Å². The van der Waals surface area contributed by atoms with E-state index < -0.39 is 5.97 Å². The molecule has 2 rings (SSSR count). The summed E-state index contributed by atoms with van der Waals surface area (Å²) >= 11 is 3.41. The molecule has 1 aromatic rings. The number of benzene rings is 1. The molecular formula is C16H20BrNO4. The molecule has 1 aromatic carbocycles. The van der Waals surface area contributed by atoms with E-state index in [0.717, 1.165) is 28.6 Å². The van der Waals surface area contributed by atoms with Gasteiger partial charge in [0.2, 0.25) is 5.91 Å². The molecule has 2 N–H and O–H groups in total.